The van der Waals surface area contributed by atoms with Crippen LogP contribution in [0.5, 0.6) is 5.75 Å². The fraction of sp³-hybridized carbons (Fsp3) is 0.684. The molecular weight excluding hydrogens is 320 g/mol. The van der Waals surface area contributed by atoms with E-state index in [4.69, 9.17) is 18.9 Å². The molecule has 0 aliphatic carbocycles. The predicted octanol–water partition coefficient (Wildman–Crippen LogP) is 3.19. The van der Waals surface area contributed by atoms with Crippen molar-refractivity contribution in [1.82, 2.24) is 0 Å². The molecule has 136 valence electrons. The van der Waals surface area contributed by atoms with Crippen LogP contribution in [0.4, 0.5) is 0 Å². The summed E-state index contributed by atoms with van der Waals surface area (Å²) in [6, 6.07) is 11.0. The van der Waals surface area contributed by atoms with Crippen LogP contribution in [-0.4, -0.2) is 48.3 Å². The van der Waals surface area contributed by atoms with Gasteiger partial charge < -0.3 is 18.9 Å². The average Bonchev–Trinajstić information content (AvgIpc) is 3.42. The van der Waals surface area contributed by atoms with Gasteiger partial charge in [0.2, 0.25) is 0 Å². The van der Waals surface area contributed by atoms with Crippen LogP contribution in [-0.2, 0) is 20.6 Å². The number of benzene rings is 1. The van der Waals surface area contributed by atoms with Crippen molar-refractivity contribution < 1.29 is 18.9 Å². The third-order valence-electron chi connectivity index (χ3n) is 4.12. The minimum Gasteiger partial charge on any atom is -0.491 e. The van der Waals surface area contributed by atoms with Crippen LogP contribution >= 0.6 is 0 Å². The molecule has 24 heavy (non-hydrogen) atoms. The van der Waals surface area contributed by atoms with Gasteiger partial charge in [0.15, 0.2) is 6.29 Å². The van der Waals surface area contributed by atoms with Crippen molar-refractivity contribution >= 4 is 9.52 Å². The van der Waals surface area contributed by atoms with Crippen LogP contribution in [0.25, 0.3) is 0 Å². The second kappa shape index (κ2) is 11.6. The van der Waals surface area contributed by atoms with Gasteiger partial charge in [-0.3, -0.25) is 0 Å². The zero-order valence-electron chi connectivity index (χ0n) is 15.2. The van der Waals surface area contributed by atoms with Crippen molar-refractivity contribution in [2.75, 3.05) is 26.4 Å². The molecule has 0 amide bonds. The summed E-state index contributed by atoms with van der Waals surface area (Å²) in [4.78, 5) is 0. The van der Waals surface area contributed by atoms with Crippen LogP contribution in [0.1, 0.15) is 32.3 Å². The van der Waals surface area contributed by atoms with Crippen molar-refractivity contribution in [1.29, 1.82) is 0 Å². The fourth-order valence-electron chi connectivity index (χ4n) is 2.69. The Labute approximate surface area is 148 Å². The Bertz CT molecular complexity index is 427. The molecule has 1 aliphatic rings. The molecule has 1 aromatic carbocycles. The summed E-state index contributed by atoms with van der Waals surface area (Å²) >= 11 is 0. The van der Waals surface area contributed by atoms with Gasteiger partial charge in [-0.05, 0) is 50.4 Å². The predicted molar refractivity (Wildman–Crippen MR) is 99.8 cm³/mol. The van der Waals surface area contributed by atoms with Crippen molar-refractivity contribution in [2.24, 2.45) is 0 Å². The first-order chi connectivity index (χ1) is 11.8. The van der Waals surface area contributed by atoms with Gasteiger partial charge in [-0.2, -0.15) is 0 Å². The van der Waals surface area contributed by atoms with E-state index in [0.717, 1.165) is 38.0 Å². The molecule has 1 saturated heterocycles. The highest BCUT2D eigenvalue weighted by atomic mass is 28.2. The summed E-state index contributed by atoms with van der Waals surface area (Å²) in [6.45, 7) is 7.07. The topological polar surface area (TPSA) is 40.2 Å². The van der Waals surface area contributed by atoms with Gasteiger partial charge in [0.05, 0.1) is 6.61 Å². The van der Waals surface area contributed by atoms with E-state index in [2.05, 4.69) is 24.3 Å². The molecular formula is C19H32O4Si. The Morgan fingerprint density at radius 2 is 1.83 bits per heavy atom. The summed E-state index contributed by atoms with van der Waals surface area (Å²) in [5.74, 6) is 0.944. The van der Waals surface area contributed by atoms with Gasteiger partial charge in [-0.1, -0.05) is 24.6 Å². The molecule has 2 rings (SSSR count). The molecule has 1 aliphatic heterocycles. The third kappa shape index (κ3) is 8.28. The van der Waals surface area contributed by atoms with Crippen molar-refractivity contribution in [3.05, 3.63) is 29.8 Å². The third-order valence-corrected chi connectivity index (χ3v) is 6.00. The Morgan fingerprint density at radius 1 is 1.12 bits per heavy atom. The highest BCUT2D eigenvalue weighted by Gasteiger charge is 2.22. The average molecular weight is 353 g/mol. The lowest BCUT2D eigenvalue weighted by molar-refractivity contribution is -0.123. The van der Waals surface area contributed by atoms with E-state index in [1.165, 1.54) is 24.4 Å². The number of epoxide rings is 1. The summed E-state index contributed by atoms with van der Waals surface area (Å²) < 4.78 is 22.0. The van der Waals surface area contributed by atoms with Crippen LogP contribution in [0, 0.1) is 0 Å². The molecule has 1 aromatic rings. The summed E-state index contributed by atoms with van der Waals surface area (Å²) in [5.41, 5.74) is 1.40. The second-order valence-corrected chi connectivity index (χ2v) is 8.19. The quantitative estimate of drug-likeness (QED) is 0.223. The van der Waals surface area contributed by atoms with E-state index in [1.54, 1.807) is 0 Å². The SMILES string of the molecule is CCOC(C[SiH2]CCCCc1ccc(OCC2CO2)cc1)OCC. The van der Waals surface area contributed by atoms with Crippen LogP contribution in [0.2, 0.25) is 12.1 Å². The van der Waals surface area contributed by atoms with Crippen LogP contribution in [0.15, 0.2) is 24.3 Å². The van der Waals surface area contributed by atoms with Crippen molar-refractivity contribution in [3.63, 3.8) is 0 Å². The molecule has 0 aromatic heterocycles. The molecule has 1 fully saturated rings. The second-order valence-electron chi connectivity index (χ2n) is 6.20. The Kier molecular flexibility index (Phi) is 9.42. The van der Waals surface area contributed by atoms with Crippen LogP contribution < -0.4 is 4.74 Å². The lowest BCUT2D eigenvalue weighted by atomic mass is 10.1. The van der Waals surface area contributed by atoms with E-state index in [1.807, 2.05) is 13.8 Å². The molecule has 1 unspecified atom stereocenters. The first-order valence-electron chi connectivity index (χ1n) is 9.38. The van der Waals surface area contributed by atoms with Gasteiger partial charge in [-0.15, -0.1) is 0 Å². The molecule has 0 radical (unpaired) electrons. The largest absolute Gasteiger partial charge is 0.491 e. The Hall–Kier alpha value is -0.883. The number of ether oxygens (including phenoxy) is 4. The molecule has 5 heteroatoms. The zero-order valence-corrected chi connectivity index (χ0v) is 16.6. The molecule has 0 N–H and O–H groups in total. The molecule has 0 spiro atoms. The highest BCUT2D eigenvalue weighted by molar-refractivity contribution is 6.35. The Morgan fingerprint density at radius 3 is 2.46 bits per heavy atom. The van der Waals surface area contributed by atoms with Gasteiger partial charge in [-0.25, -0.2) is 0 Å². The molecule has 0 bridgehead atoms. The standard InChI is InChI=1S/C19H32O4Si/c1-3-20-19(21-4-2)15-24-12-6-5-7-16-8-10-17(11-9-16)22-13-18-14-23-18/h8-11,18-19H,3-7,12-15,24H2,1-2H3. The maximum absolute atomic E-state index is 5.66. The van der Waals surface area contributed by atoms with E-state index in [-0.39, 0.29) is 15.8 Å². The van der Waals surface area contributed by atoms with Crippen LogP contribution in [0.3, 0.4) is 0 Å². The number of hydrogen-bond donors (Lipinski definition) is 0. The summed E-state index contributed by atoms with van der Waals surface area (Å²) in [7, 11) is -0.0741. The fourth-order valence-corrected chi connectivity index (χ4v) is 4.35. The number of rotatable bonds is 14. The maximum Gasteiger partial charge on any atom is 0.154 e. The van der Waals surface area contributed by atoms with E-state index < -0.39 is 0 Å². The number of aryl methyl sites for hydroxylation is 1. The van der Waals surface area contributed by atoms with E-state index >= 15 is 0 Å². The minimum atomic E-state index is -0.0741. The first-order valence-corrected chi connectivity index (χ1v) is 11.4. The van der Waals surface area contributed by atoms with E-state index in [9.17, 15) is 0 Å². The van der Waals surface area contributed by atoms with Gasteiger partial charge in [0.1, 0.15) is 18.5 Å². The molecule has 0 saturated carbocycles. The lowest BCUT2D eigenvalue weighted by Gasteiger charge is -2.16. The molecule has 1 atom stereocenters. The number of hydrogen-bond acceptors (Lipinski definition) is 4. The monoisotopic (exact) mass is 352 g/mol. The van der Waals surface area contributed by atoms with Gasteiger partial charge in [0, 0.05) is 22.7 Å². The first kappa shape index (κ1) is 19.4. The van der Waals surface area contributed by atoms with Gasteiger partial charge in [0.25, 0.3) is 0 Å². The van der Waals surface area contributed by atoms with Crippen molar-refractivity contribution in [2.45, 2.75) is 57.6 Å². The van der Waals surface area contributed by atoms with Crippen molar-refractivity contribution in [3.8, 4) is 5.75 Å². The minimum absolute atomic E-state index is 0.0419. The highest BCUT2D eigenvalue weighted by Crippen LogP contribution is 2.17. The van der Waals surface area contributed by atoms with Gasteiger partial charge >= 0.3 is 0 Å². The lowest BCUT2D eigenvalue weighted by Crippen LogP contribution is -2.18. The van der Waals surface area contributed by atoms with E-state index in [0.29, 0.717) is 12.7 Å². The maximum atomic E-state index is 5.66. The number of unbranched alkanes of at least 4 members (excludes halogenated alkanes) is 1. The smallest absolute Gasteiger partial charge is 0.154 e. The zero-order chi connectivity index (χ0) is 17.0. The Balaban J connectivity index is 1.51. The molecule has 1 heterocycles. The summed E-state index contributed by atoms with van der Waals surface area (Å²) in [6.07, 6.45) is 4.09. The molecule has 4 nitrogen and oxygen atoms in total. The normalized spacial score (nSPS) is 17.0. The summed E-state index contributed by atoms with van der Waals surface area (Å²) in [5, 5.41) is 0.